The summed E-state index contributed by atoms with van der Waals surface area (Å²) in [6.07, 6.45) is 5.30. The third kappa shape index (κ3) is 6.49. The van der Waals surface area contributed by atoms with Crippen LogP contribution in [0.4, 0.5) is 0 Å². The Hall–Kier alpha value is -4.22. The molecule has 206 valence electrons. The van der Waals surface area contributed by atoms with Crippen LogP contribution < -0.4 is 24.3 Å². The van der Waals surface area contributed by atoms with Crippen LogP contribution in [0.2, 0.25) is 0 Å². The average molecular weight is 536 g/mol. The van der Waals surface area contributed by atoms with E-state index in [1.54, 1.807) is 14.2 Å². The molecule has 1 N–H and O–H groups in total. The van der Waals surface area contributed by atoms with E-state index in [0.29, 0.717) is 13.2 Å². The van der Waals surface area contributed by atoms with Crippen molar-refractivity contribution in [1.82, 2.24) is 5.32 Å². The molecule has 0 spiro atoms. The number of benzene rings is 4. The Kier molecular flexibility index (Phi) is 8.72. The summed E-state index contributed by atoms with van der Waals surface area (Å²) >= 11 is 0. The predicted molar refractivity (Wildman–Crippen MR) is 160 cm³/mol. The lowest BCUT2D eigenvalue weighted by atomic mass is 9.92. The first kappa shape index (κ1) is 27.4. The minimum absolute atomic E-state index is 0.0549. The number of aryl methyl sites for hydroxylation is 2. The maximum Gasteiger partial charge on any atom is 0.162 e. The largest absolute Gasteiger partial charge is 0.493 e. The van der Waals surface area contributed by atoms with Gasteiger partial charge in [0.15, 0.2) is 23.0 Å². The van der Waals surface area contributed by atoms with Crippen molar-refractivity contribution < 1.29 is 18.9 Å². The highest BCUT2D eigenvalue weighted by Crippen LogP contribution is 2.37. The lowest BCUT2D eigenvalue weighted by Gasteiger charge is -2.26. The van der Waals surface area contributed by atoms with E-state index >= 15 is 0 Å². The van der Waals surface area contributed by atoms with Gasteiger partial charge in [-0.25, -0.2) is 0 Å². The summed E-state index contributed by atoms with van der Waals surface area (Å²) in [5, 5.41) is 3.64. The molecule has 1 atom stereocenters. The standard InChI is InChI=1S/C35H37NO4/c1-24-10-12-27(13-11-24)23-40-34-19-28(25(2)18-32(34)37-3)14-15-31-30-21-33(38-4)35(20-29(30)16-17-36-31)39-22-26-8-6-5-7-9-26/h5-15,18-21,31,36H,16-17,22-23H2,1-4H3/b15-14+. The lowest BCUT2D eigenvalue weighted by Crippen LogP contribution is -2.28. The Morgan fingerprint density at radius 2 is 1.40 bits per heavy atom. The van der Waals surface area contributed by atoms with E-state index in [1.165, 1.54) is 16.7 Å². The van der Waals surface area contributed by atoms with Crippen molar-refractivity contribution in [2.45, 2.75) is 39.5 Å². The van der Waals surface area contributed by atoms with Crippen LogP contribution in [-0.2, 0) is 19.6 Å². The fourth-order valence-electron chi connectivity index (χ4n) is 4.95. The van der Waals surface area contributed by atoms with Gasteiger partial charge < -0.3 is 24.3 Å². The number of fused-ring (bicyclic) bond motifs is 1. The van der Waals surface area contributed by atoms with Crippen LogP contribution in [0.3, 0.4) is 0 Å². The van der Waals surface area contributed by atoms with Gasteiger partial charge in [-0.1, -0.05) is 72.3 Å². The van der Waals surface area contributed by atoms with E-state index in [-0.39, 0.29) is 6.04 Å². The van der Waals surface area contributed by atoms with E-state index < -0.39 is 0 Å². The van der Waals surface area contributed by atoms with Crippen LogP contribution in [0.25, 0.3) is 6.08 Å². The number of nitrogens with one attached hydrogen (secondary N) is 1. The molecule has 0 radical (unpaired) electrons. The highest BCUT2D eigenvalue weighted by atomic mass is 16.5. The van der Waals surface area contributed by atoms with Crippen LogP contribution in [0.15, 0.2) is 84.9 Å². The summed E-state index contributed by atoms with van der Waals surface area (Å²) in [6.45, 7) is 6.05. The second kappa shape index (κ2) is 12.8. The SMILES string of the molecule is COc1cc(C)c(/C=C/C2NCCc3cc(OCc4ccccc4)c(OC)cc32)cc1OCc1ccc(C)cc1. The second-order valence-electron chi connectivity index (χ2n) is 10.2. The van der Waals surface area contributed by atoms with Gasteiger partial charge in [-0.05, 0) is 77.9 Å². The molecule has 1 heterocycles. The molecule has 0 aliphatic carbocycles. The Morgan fingerprint density at radius 3 is 2.10 bits per heavy atom. The van der Waals surface area contributed by atoms with Gasteiger partial charge in [0, 0.05) is 6.54 Å². The lowest BCUT2D eigenvalue weighted by molar-refractivity contribution is 0.283. The molecule has 5 heteroatoms. The summed E-state index contributed by atoms with van der Waals surface area (Å²) in [5.74, 6) is 2.98. The van der Waals surface area contributed by atoms with Gasteiger partial charge in [-0.2, -0.15) is 0 Å². The van der Waals surface area contributed by atoms with Gasteiger partial charge in [0.05, 0.1) is 20.3 Å². The Labute approximate surface area is 237 Å². The zero-order valence-corrected chi connectivity index (χ0v) is 23.7. The van der Waals surface area contributed by atoms with E-state index in [0.717, 1.165) is 58.2 Å². The molecular formula is C35H37NO4. The van der Waals surface area contributed by atoms with E-state index in [4.69, 9.17) is 18.9 Å². The number of rotatable bonds is 10. The van der Waals surface area contributed by atoms with E-state index in [2.05, 4.69) is 85.9 Å². The number of hydrogen-bond donors (Lipinski definition) is 1. The van der Waals surface area contributed by atoms with E-state index in [1.807, 2.05) is 24.3 Å². The fraction of sp³-hybridized carbons (Fsp3) is 0.257. The molecule has 4 aromatic rings. The molecule has 40 heavy (non-hydrogen) atoms. The second-order valence-corrected chi connectivity index (χ2v) is 10.2. The van der Waals surface area contributed by atoms with Gasteiger partial charge in [0.1, 0.15) is 13.2 Å². The van der Waals surface area contributed by atoms with Gasteiger partial charge in [-0.3, -0.25) is 0 Å². The molecule has 0 amide bonds. The van der Waals surface area contributed by atoms with Crippen molar-refractivity contribution in [3.63, 3.8) is 0 Å². The monoisotopic (exact) mass is 535 g/mol. The van der Waals surface area contributed by atoms with Gasteiger partial charge in [-0.15, -0.1) is 0 Å². The predicted octanol–water partition coefficient (Wildman–Crippen LogP) is 7.38. The molecule has 0 fully saturated rings. The molecule has 0 saturated heterocycles. The molecule has 1 aliphatic heterocycles. The smallest absolute Gasteiger partial charge is 0.162 e. The minimum Gasteiger partial charge on any atom is -0.493 e. The third-order valence-electron chi connectivity index (χ3n) is 7.29. The maximum absolute atomic E-state index is 6.19. The summed E-state index contributed by atoms with van der Waals surface area (Å²) < 4.78 is 23.7. The highest BCUT2D eigenvalue weighted by Gasteiger charge is 2.21. The Morgan fingerprint density at radius 1 is 0.750 bits per heavy atom. The normalized spacial score (nSPS) is 14.6. The summed E-state index contributed by atoms with van der Waals surface area (Å²) in [4.78, 5) is 0. The van der Waals surface area contributed by atoms with Gasteiger partial charge in [0.25, 0.3) is 0 Å². The van der Waals surface area contributed by atoms with Crippen LogP contribution in [-0.4, -0.2) is 20.8 Å². The van der Waals surface area contributed by atoms with Crippen LogP contribution in [0, 0.1) is 13.8 Å². The summed E-state index contributed by atoms with van der Waals surface area (Å²) in [7, 11) is 3.37. The zero-order chi connectivity index (χ0) is 27.9. The van der Waals surface area contributed by atoms with Crippen molar-refractivity contribution in [2.24, 2.45) is 0 Å². The van der Waals surface area contributed by atoms with Crippen molar-refractivity contribution in [3.8, 4) is 23.0 Å². The molecule has 1 unspecified atom stereocenters. The first-order valence-electron chi connectivity index (χ1n) is 13.7. The van der Waals surface area contributed by atoms with E-state index in [9.17, 15) is 0 Å². The first-order valence-corrected chi connectivity index (χ1v) is 13.7. The minimum atomic E-state index is 0.0549. The molecule has 0 saturated carbocycles. The first-order chi connectivity index (χ1) is 19.5. The Balaban J connectivity index is 1.35. The topological polar surface area (TPSA) is 49.0 Å². The Bertz CT molecular complexity index is 1460. The molecule has 0 aromatic heterocycles. The number of hydrogen-bond acceptors (Lipinski definition) is 5. The maximum atomic E-state index is 6.19. The number of ether oxygens (including phenoxy) is 4. The van der Waals surface area contributed by atoms with Crippen molar-refractivity contribution >= 4 is 6.08 Å². The van der Waals surface area contributed by atoms with Gasteiger partial charge in [0.2, 0.25) is 0 Å². The molecule has 4 aromatic carbocycles. The third-order valence-corrected chi connectivity index (χ3v) is 7.29. The molecule has 5 nitrogen and oxygen atoms in total. The molecule has 0 bridgehead atoms. The summed E-state index contributed by atoms with van der Waals surface area (Å²) in [5.41, 5.74) is 8.16. The van der Waals surface area contributed by atoms with Crippen LogP contribution in [0.1, 0.15) is 45.0 Å². The molecular weight excluding hydrogens is 498 g/mol. The highest BCUT2D eigenvalue weighted by molar-refractivity contribution is 5.61. The van der Waals surface area contributed by atoms with Crippen molar-refractivity contribution in [3.05, 3.63) is 124 Å². The molecule has 1 aliphatic rings. The van der Waals surface area contributed by atoms with Crippen LogP contribution in [0.5, 0.6) is 23.0 Å². The molecule has 5 rings (SSSR count). The zero-order valence-electron chi connectivity index (χ0n) is 23.7. The quantitative estimate of drug-likeness (QED) is 0.230. The van der Waals surface area contributed by atoms with Crippen molar-refractivity contribution in [2.75, 3.05) is 20.8 Å². The van der Waals surface area contributed by atoms with Crippen LogP contribution >= 0.6 is 0 Å². The average Bonchev–Trinajstić information content (AvgIpc) is 2.99. The fourth-order valence-corrected chi connectivity index (χ4v) is 4.95. The van der Waals surface area contributed by atoms with Gasteiger partial charge >= 0.3 is 0 Å². The summed E-state index contributed by atoms with van der Waals surface area (Å²) in [6, 6.07) is 27.0. The number of methoxy groups -OCH3 is 2. The van der Waals surface area contributed by atoms with Crippen molar-refractivity contribution in [1.29, 1.82) is 0 Å².